The summed E-state index contributed by atoms with van der Waals surface area (Å²) in [4.78, 5) is 8.36. The summed E-state index contributed by atoms with van der Waals surface area (Å²) in [5.74, 6) is 0. The third-order valence-corrected chi connectivity index (χ3v) is 2.63. The molecule has 0 saturated heterocycles. The summed E-state index contributed by atoms with van der Waals surface area (Å²) in [6.07, 6.45) is 0. The van der Waals surface area contributed by atoms with Crippen molar-refractivity contribution in [3.05, 3.63) is 20.6 Å². The topological polar surface area (TPSA) is 25.8 Å². The number of halogens is 2. The summed E-state index contributed by atoms with van der Waals surface area (Å²) in [7, 11) is 0. The molecule has 0 amide bonds. The molecule has 0 atom stereocenters. The van der Waals surface area contributed by atoms with Gasteiger partial charge in [0.05, 0.1) is 11.4 Å². The highest BCUT2D eigenvalue weighted by Gasteiger charge is 2.01. The second-order valence-corrected chi connectivity index (χ2v) is 3.48. The van der Waals surface area contributed by atoms with Gasteiger partial charge in [-0.25, -0.2) is 9.97 Å². The molecule has 0 radical (unpaired) electrons. The molecule has 1 heterocycles. The van der Waals surface area contributed by atoms with E-state index in [0.717, 1.165) is 20.6 Å². The molecule has 54 valence electrons. The van der Waals surface area contributed by atoms with Gasteiger partial charge in [0.15, 0.2) is 0 Å². The second-order valence-electron chi connectivity index (χ2n) is 1.98. The minimum atomic E-state index is 0.813. The van der Waals surface area contributed by atoms with Crippen LogP contribution in [0.2, 0.25) is 0 Å². The summed E-state index contributed by atoms with van der Waals surface area (Å²) >= 11 is 6.57. The molecule has 0 unspecified atom stereocenters. The van der Waals surface area contributed by atoms with E-state index in [0.29, 0.717) is 0 Å². The smallest absolute Gasteiger partial charge is 0.127 e. The highest BCUT2D eigenvalue weighted by atomic mass is 79.9. The maximum Gasteiger partial charge on any atom is 0.127 e. The molecule has 0 aliphatic rings. The Morgan fingerprint density at radius 2 is 1.20 bits per heavy atom. The lowest BCUT2D eigenvalue weighted by Crippen LogP contribution is -1.92. The van der Waals surface area contributed by atoms with E-state index in [1.807, 2.05) is 13.8 Å². The summed E-state index contributed by atoms with van der Waals surface area (Å²) in [6.45, 7) is 3.81. The predicted octanol–water partition coefficient (Wildman–Crippen LogP) is 2.62. The molecule has 2 nitrogen and oxygen atoms in total. The first-order valence-corrected chi connectivity index (χ1v) is 4.36. The van der Waals surface area contributed by atoms with Crippen molar-refractivity contribution in [3.63, 3.8) is 0 Å². The van der Waals surface area contributed by atoms with Crippen LogP contribution in [-0.2, 0) is 0 Å². The minimum Gasteiger partial charge on any atom is -0.241 e. The first-order chi connectivity index (χ1) is 4.61. The van der Waals surface area contributed by atoms with Crippen LogP contribution in [0, 0.1) is 13.8 Å². The van der Waals surface area contributed by atoms with Crippen LogP contribution in [0.25, 0.3) is 0 Å². The van der Waals surface area contributed by atoms with Gasteiger partial charge >= 0.3 is 0 Å². The Kier molecular flexibility index (Phi) is 2.41. The van der Waals surface area contributed by atoms with Crippen LogP contribution in [-0.4, -0.2) is 9.97 Å². The van der Waals surface area contributed by atoms with Crippen LogP contribution in [0.5, 0.6) is 0 Å². The van der Waals surface area contributed by atoms with Crippen molar-refractivity contribution >= 4 is 31.9 Å². The van der Waals surface area contributed by atoms with Gasteiger partial charge in [0.1, 0.15) is 9.21 Å². The lowest BCUT2D eigenvalue weighted by atomic mass is 10.4. The predicted molar refractivity (Wildman–Crippen MR) is 46.9 cm³/mol. The SMILES string of the molecule is Cc1nc(Br)c(C)nc1Br. The van der Waals surface area contributed by atoms with E-state index in [-0.39, 0.29) is 0 Å². The summed E-state index contributed by atoms with van der Waals surface area (Å²) in [5, 5.41) is 0. The molecule has 1 rings (SSSR count). The molecular weight excluding hydrogens is 260 g/mol. The minimum absolute atomic E-state index is 0.813. The monoisotopic (exact) mass is 264 g/mol. The normalized spacial score (nSPS) is 10.0. The van der Waals surface area contributed by atoms with Crippen molar-refractivity contribution < 1.29 is 0 Å². The van der Waals surface area contributed by atoms with Crippen LogP contribution >= 0.6 is 31.9 Å². The van der Waals surface area contributed by atoms with Crippen molar-refractivity contribution in [2.45, 2.75) is 13.8 Å². The standard InChI is InChI=1S/C6H6Br2N2/c1-3-5(7)10-4(2)6(8)9-3/h1-2H3. The van der Waals surface area contributed by atoms with Gasteiger partial charge in [-0.15, -0.1) is 0 Å². The second kappa shape index (κ2) is 2.96. The van der Waals surface area contributed by atoms with Crippen LogP contribution in [0.15, 0.2) is 9.21 Å². The maximum absolute atomic E-state index is 4.18. The van der Waals surface area contributed by atoms with Crippen molar-refractivity contribution in [3.8, 4) is 0 Å². The zero-order valence-corrected chi connectivity index (χ0v) is 8.82. The number of rotatable bonds is 0. The van der Waals surface area contributed by atoms with Gasteiger partial charge in [0.2, 0.25) is 0 Å². The van der Waals surface area contributed by atoms with Gasteiger partial charge in [-0.1, -0.05) is 0 Å². The van der Waals surface area contributed by atoms with E-state index in [2.05, 4.69) is 41.8 Å². The van der Waals surface area contributed by atoms with Gasteiger partial charge in [-0.2, -0.15) is 0 Å². The van der Waals surface area contributed by atoms with Crippen molar-refractivity contribution in [2.75, 3.05) is 0 Å². The van der Waals surface area contributed by atoms with Gasteiger partial charge < -0.3 is 0 Å². The van der Waals surface area contributed by atoms with E-state index < -0.39 is 0 Å². The fourth-order valence-electron chi connectivity index (χ4n) is 0.549. The molecule has 0 fully saturated rings. The number of aryl methyl sites for hydroxylation is 2. The highest BCUT2D eigenvalue weighted by molar-refractivity contribution is 9.10. The zero-order valence-electron chi connectivity index (χ0n) is 5.65. The number of nitrogens with zero attached hydrogens (tertiary/aromatic N) is 2. The molecule has 1 aromatic rings. The highest BCUT2D eigenvalue weighted by Crippen LogP contribution is 2.16. The molecular formula is C6H6Br2N2. The summed E-state index contributed by atoms with van der Waals surface area (Å²) in [6, 6.07) is 0. The van der Waals surface area contributed by atoms with Gasteiger partial charge in [-0.05, 0) is 45.7 Å². The fraction of sp³-hybridized carbons (Fsp3) is 0.333. The molecule has 0 aliphatic heterocycles. The first kappa shape index (κ1) is 8.14. The average Bonchev–Trinajstić information content (AvgIpc) is 1.84. The van der Waals surface area contributed by atoms with E-state index in [1.54, 1.807) is 0 Å². The van der Waals surface area contributed by atoms with E-state index in [1.165, 1.54) is 0 Å². The Labute approximate surface area is 76.3 Å². The molecule has 0 aromatic carbocycles. The molecule has 0 spiro atoms. The van der Waals surface area contributed by atoms with Crippen LogP contribution in [0.3, 0.4) is 0 Å². The van der Waals surface area contributed by atoms with Crippen molar-refractivity contribution in [1.29, 1.82) is 0 Å². The third-order valence-electron chi connectivity index (χ3n) is 1.13. The average molecular weight is 266 g/mol. The maximum atomic E-state index is 4.18. The third kappa shape index (κ3) is 1.55. The van der Waals surface area contributed by atoms with E-state index >= 15 is 0 Å². The lowest BCUT2D eigenvalue weighted by Gasteiger charge is -1.99. The molecule has 10 heavy (non-hydrogen) atoms. The fourth-order valence-corrected chi connectivity index (χ4v) is 1.26. The summed E-state index contributed by atoms with van der Waals surface area (Å²) < 4.78 is 1.63. The largest absolute Gasteiger partial charge is 0.241 e. The van der Waals surface area contributed by atoms with Crippen LogP contribution in [0.1, 0.15) is 11.4 Å². The van der Waals surface area contributed by atoms with E-state index in [9.17, 15) is 0 Å². The Morgan fingerprint density at radius 3 is 1.50 bits per heavy atom. The van der Waals surface area contributed by atoms with Crippen molar-refractivity contribution in [2.24, 2.45) is 0 Å². The van der Waals surface area contributed by atoms with Gasteiger partial charge in [0, 0.05) is 0 Å². The van der Waals surface area contributed by atoms with Crippen LogP contribution < -0.4 is 0 Å². The number of hydrogen-bond donors (Lipinski definition) is 0. The molecule has 0 bridgehead atoms. The van der Waals surface area contributed by atoms with E-state index in [4.69, 9.17) is 0 Å². The quantitative estimate of drug-likeness (QED) is 0.721. The zero-order chi connectivity index (χ0) is 7.72. The lowest BCUT2D eigenvalue weighted by molar-refractivity contribution is 1.01. The van der Waals surface area contributed by atoms with Gasteiger partial charge in [0.25, 0.3) is 0 Å². The first-order valence-electron chi connectivity index (χ1n) is 2.77. The summed E-state index contributed by atoms with van der Waals surface area (Å²) in [5.41, 5.74) is 1.80. The van der Waals surface area contributed by atoms with Crippen LogP contribution in [0.4, 0.5) is 0 Å². The Hall–Kier alpha value is 0.0400. The van der Waals surface area contributed by atoms with Crippen molar-refractivity contribution in [1.82, 2.24) is 9.97 Å². The molecule has 4 heteroatoms. The van der Waals surface area contributed by atoms with Gasteiger partial charge in [-0.3, -0.25) is 0 Å². The number of aromatic nitrogens is 2. The molecule has 0 aliphatic carbocycles. The number of hydrogen-bond acceptors (Lipinski definition) is 2. The molecule has 0 saturated carbocycles. The molecule has 1 aromatic heterocycles. The Bertz CT molecular complexity index is 210. The Morgan fingerprint density at radius 1 is 0.900 bits per heavy atom. The molecule has 0 N–H and O–H groups in total. The Balaban J connectivity index is 3.28.